The number of anilines is 2. The van der Waals surface area contributed by atoms with Crippen LogP contribution in [-0.4, -0.2) is 36.5 Å². The van der Waals surface area contributed by atoms with E-state index in [-0.39, 0.29) is 18.0 Å². The van der Waals surface area contributed by atoms with Crippen LogP contribution < -0.4 is 10.6 Å². The summed E-state index contributed by atoms with van der Waals surface area (Å²) in [5.41, 5.74) is 9.52. The number of rotatable bonds is 2. The number of nitrogens with two attached hydrogens (primary N) is 1. The molecule has 0 aliphatic carbocycles. The molecule has 2 aromatic carbocycles. The van der Waals surface area contributed by atoms with E-state index in [4.69, 9.17) is 5.73 Å². The van der Waals surface area contributed by atoms with Crippen LogP contribution in [0, 0.1) is 0 Å². The molecule has 2 aliphatic rings. The number of hydrogen-bond donors (Lipinski definition) is 1. The molecule has 2 heterocycles. The molecule has 2 aliphatic heterocycles. The monoisotopic (exact) mass is 353 g/mol. The molecule has 130 valence electrons. The van der Waals surface area contributed by atoms with Gasteiger partial charge in [0.25, 0.3) is 0 Å². The van der Waals surface area contributed by atoms with Gasteiger partial charge in [0.1, 0.15) is 0 Å². The van der Waals surface area contributed by atoms with Crippen molar-refractivity contribution in [2.24, 2.45) is 5.73 Å². The van der Waals surface area contributed by atoms with Crippen molar-refractivity contribution in [3.63, 3.8) is 0 Å². The van der Waals surface area contributed by atoms with E-state index in [0.29, 0.717) is 0 Å². The zero-order valence-corrected chi connectivity index (χ0v) is 15.2. The molecule has 4 nitrogen and oxygen atoms in total. The molecule has 2 N–H and O–H groups in total. The second-order valence-corrected chi connectivity index (χ2v) is 7.85. The first-order valence-corrected chi connectivity index (χ1v) is 9.72. The molecule has 25 heavy (non-hydrogen) atoms. The summed E-state index contributed by atoms with van der Waals surface area (Å²) in [7, 11) is 1.99. The first kappa shape index (κ1) is 16.5. The summed E-state index contributed by atoms with van der Waals surface area (Å²) >= 11 is 1.88. The number of piperidine rings is 1. The van der Waals surface area contributed by atoms with Gasteiger partial charge in [0, 0.05) is 28.9 Å². The number of carbonyl (C=O) groups excluding carboxylic acids is 1. The van der Waals surface area contributed by atoms with Crippen molar-refractivity contribution in [1.29, 1.82) is 0 Å². The summed E-state index contributed by atoms with van der Waals surface area (Å²) in [6.45, 7) is 0.881. The Balaban J connectivity index is 1.79. The summed E-state index contributed by atoms with van der Waals surface area (Å²) in [4.78, 5) is 17.7. The molecule has 1 amide bonds. The Kier molecular flexibility index (Phi) is 4.44. The number of amides is 1. The minimum Gasteiger partial charge on any atom is -0.368 e. The normalized spacial score (nSPS) is 23.5. The molecule has 4 rings (SSSR count). The fourth-order valence-electron chi connectivity index (χ4n) is 3.96. The summed E-state index contributed by atoms with van der Waals surface area (Å²) in [6.07, 6.45) is 1.78. The van der Waals surface area contributed by atoms with E-state index in [9.17, 15) is 4.79 Å². The summed E-state index contributed by atoms with van der Waals surface area (Å²) in [6, 6.07) is 17.3. The maximum atomic E-state index is 11.9. The zero-order chi connectivity index (χ0) is 17.4. The zero-order valence-electron chi connectivity index (χ0n) is 14.4. The number of fused-ring (bicyclic) bond motifs is 2. The van der Waals surface area contributed by atoms with Gasteiger partial charge in [-0.1, -0.05) is 30.3 Å². The fourth-order valence-corrected chi connectivity index (χ4v) is 5.00. The lowest BCUT2D eigenvalue weighted by atomic mass is 9.94. The summed E-state index contributed by atoms with van der Waals surface area (Å²) in [5, 5.41) is 0. The Hall–Kier alpha value is -1.98. The highest BCUT2D eigenvalue weighted by atomic mass is 32.2. The Bertz CT molecular complexity index is 747. The molecule has 1 fully saturated rings. The van der Waals surface area contributed by atoms with Crippen LogP contribution in [0.15, 0.2) is 53.4 Å². The largest absolute Gasteiger partial charge is 0.368 e. The van der Waals surface area contributed by atoms with Gasteiger partial charge in [-0.2, -0.15) is 0 Å². The van der Waals surface area contributed by atoms with Gasteiger partial charge in [0.05, 0.1) is 11.7 Å². The van der Waals surface area contributed by atoms with Crippen molar-refractivity contribution in [2.75, 3.05) is 18.5 Å². The number of nitrogens with zero attached hydrogens (tertiary/aromatic N) is 2. The standard InChI is InChI=1S/C20H23N3OS/c1-22-11-10-15(12-18(22)20(21)24)23-16-7-3-2-6-14(16)13-25-19-9-5-4-8-17(19)23/h2-9,15,18H,10-13H2,1H3,(H2,21,24). The van der Waals surface area contributed by atoms with Gasteiger partial charge < -0.3 is 10.6 Å². The van der Waals surface area contributed by atoms with Gasteiger partial charge in [0.15, 0.2) is 0 Å². The molecule has 0 aromatic heterocycles. The summed E-state index contributed by atoms with van der Waals surface area (Å²) < 4.78 is 0. The van der Waals surface area contributed by atoms with Crippen LogP contribution in [-0.2, 0) is 10.5 Å². The molecule has 2 aromatic rings. The predicted octanol–water partition coefficient (Wildman–Crippen LogP) is 3.38. The molecule has 0 bridgehead atoms. The summed E-state index contributed by atoms with van der Waals surface area (Å²) in [5.74, 6) is 0.744. The maximum absolute atomic E-state index is 11.9. The number of para-hydroxylation sites is 2. The van der Waals surface area contributed by atoms with E-state index in [1.807, 2.05) is 18.8 Å². The lowest BCUT2D eigenvalue weighted by Crippen LogP contribution is -2.52. The van der Waals surface area contributed by atoms with Crippen molar-refractivity contribution in [3.05, 3.63) is 54.1 Å². The van der Waals surface area contributed by atoms with E-state index in [1.54, 1.807) is 0 Å². The average molecular weight is 353 g/mol. The third-order valence-corrected chi connectivity index (χ3v) is 6.41. The SMILES string of the molecule is CN1CCC(N2c3ccccc3CSc3ccccc32)CC1C(N)=O. The lowest BCUT2D eigenvalue weighted by molar-refractivity contribution is -0.123. The molecule has 0 spiro atoms. The van der Waals surface area contributed by atoms with Crippen molar-refractivity contribution in [2.45, 2.75) is 35.6 Å². The number of likely N-dealkylation sites (tertiary alicyclic amines) is 1. The van der Waals surface area contributed by atoms with Crippen LogP contribution in [0.2, 0.25) is 0 Å². The Morgan fingerprint density at radius 3 is 2.64 bits per heavy atom. The number of hydrogen-bond acceptors (Lipinski definition) is 4. The predicted molar refractivity (Wildman–Crippen MR) is 103 cm³/mol. The van der Waals surface area contributed by atoms with Gasteiger partial charge >= 0.3 is 0 Å². The van der Waals surface area contributed by atoms with Crippen LogP contribution in [0.1, 0.15) is 18.4 Å². The number of thioether (sulfide) groups is 1. The average Bonchev–Trinajstić information content (AvgIpc) is 2.79. The molecule has 2 unspecified atom stereocenters. The highest BCUT2D eigenvalue weighted by Gasteiger charge is 2.35. The maximum Gasteiger partial charge on any atom is 0.234 e. The van der Waals surface area contributed by atoms with E-state index in [2.05, 4.69) is 58.3 Å². The van der Waals surface area contributed by atoms with Gasteiger partial charge in [-0.25, -0.2) is 0 Å². The molecule has 5 heteroatoms. The van der Waals surface area contributed by atoms with Crippen LogP contribution in [0.4, 0.5) is 11.4 Å². The second kappa shape index (κ2) is 6.73. The van der Waals surface area contributed by atoms with Gasteiger partial charge in [-0.15, -0.1) is 11.8 Å². The number of primary amides is 1. The number of carbonyl (C=O) groups is 1. The van der Waals surface area contributed by atoms with Crippen molar-refractivity contribution >= 4 is 29.0 Å². The van der Waals surface area contributed by atoms with Crippen LogP contribution in [0.5, 0.6) is 0 Å². The van der Waals surface area contributed by atoms with Crippen LogP contribution in [0.25, 0.3) is 0 Å². The third kappa shape index (κ3) is 3.02. The quantitative estimate of drug-likeness (QED) is 0.899. The van der Waals surface area contributed by atoms with Crippen LogP contribution >= 0.6 is 11.8 Å². The highest BCUT2D eigenvalue weighted by molar-refractivity contribution is 7.98. The highest BCUT2D eigenvalue weighted by Crippen LogP contribution is 2.45. The van der Waals surface area contributed by atoms with E-state index in [1.165, 1.54) is 21.8 Å². The molecule has 0 radical (unpaired) electrons. The molecule has 2 atom stereocenters. The van der Waals surface area contributed by atoms with Crippen molar-refractivity contribution < 1.29 is 4.79 Å². The number of likely N-dealkylation sites (N-methyl/N-ethyl adjacent to an activating group) is 1. The third-order valence-electron chi connectivity index (χ3n) is 5.30. The number of benzene rings is 2. The van der Waals surface area contributed by atoms with Crippen molar-refractivity contribution in [3.8, 4) is 0 Å². The molecular formula is C20H23N3OS. The lowest BCUT2D eigenvalue weighted by Gasteiger charge is -2.42. The molecule has 0 saturated carbocycles. The van der Waals surface area contributed by atoms with Gasteiger partial charge in [0.2, 0.25) is 5.91 Å². The Morgan fingerprint density at radius 1 is 1.12 bits per heavy atom. The molecule has 1 saturated heterocycles. The first-order valence-electron chi connectivity index (χ1n) is 8.73. The van der Waals surface area contributed by atoms with E-state index < -0.39 is 0 Å². The van der Waals surface area contributed by atoms with Gasteiger partial charge in [-0.05, 0) is 43.7 Å². The topological polar surface area (TPSA) is 49.6 Å². The van der Waals surface area contributed by atoms with Crippen molar-refractivity contribution in [1.82, 2.24) is 4.90 Å². The molecular weight excluding hydrogens is 330 g/mol. The Morgan fingerprint density at radius 2 is 1.84 bits per heavy atom. The van der Waals surface area contributed by atoms with Gasteiger partial charge in [-0.3, -0.25) is 9.69 Å². The first-order chi connectivity index (χ1) is 12.1. The fraction of sp³-hybridized carbons (Fsp3) is 0.350. The minimum atomic E-state index is -0.224. The smallest absolute Gasteiger partial charge is 0.234 e. The Labute approximate surface area is 153 Å². The van der Waals surface area contributed by atoms with Crippen LogP contribution in [0.3, 0.4) is 0 Å². The van der Waals surface area contributed by atoms with E-state index >= 15 is 0 Å². The minimum absolute atomic E-state index is 0.200. The second-order valence-electron chi connectivity index (χ2n) is 6.83. The van der Waals surface area contributed by atoms with E-state index in [0.717, 1.165) is 25.1 Å².